The zero-order valence-corrected chi connectivity index (χ0v) is 17.7. The number of H-pyrrole nitrogens is 1. The standard InChI is InChI=1S/C21H33N5O3/c1-3-7-17-18-19(25(2)24-17)20(27)23-21(22-18)26(12-15-8-5-4-6-9-15)13-16-14-28-10-11-29-16/h15-16H,3-14H2,1-2H3,(H,22,23,27). The molecule has 1 aliphatic carbocycles. The molecular weight excluding hydrogens is 370 g/mol. The number of hydrogen-bond acceptors (Lipinski definition) is 6. The molecule has 160 valence electrons. The normalized spacial score (nSPS) is 21.0. The summed E-state index contributed by atoms with van der Waals surface area (Å²) in [6, 6.07) is 0. The quantitative estimate of drug-likeness (QED) is 0.764. The monoisotopic (exact) mass is 403 g/mol. The number of nitrogens with one attached hydrogen (secondary N) is 1. The molecule has 8 heteroatoms. The van der Waals surface area contributed by atoms with Crippen LogP contribution in [0.3, 0.4) is 0 Å². The summed E-state index contributed by atoms with van der Waals surface area (Å²) >= 11 is 0. The highest BCUT2D eigenvalue weighted by Crippen LogP contribution is 2.26. The molecule has 0 radical (unpaired) electrons. The van der Waals surface area contributed by atoms with Gasteiger partial charge in [-0.25, -0.2) is 4.98 Å². The van der Waals surface area contributed by atoms with E-state index in [-0.39, 0.29) is 11.7 Å². The lowest BCUT2D eigenvalue weighted by Crippen LogP contribution is -2.43. The van der Waals surface area contributed by atoms with Gasteiger partial charge in [0.25, 0.3) is 5.56 Å². The van der Waals surface area contributed by atoms with Crippen LogP contribution in [0, 0.1) is 5.92 Å². The van der Waals surface area contributed by atoms with Crippen LogP contribution in [0.15, 0.2) is 4.79 Å². The van der Waals surface area contributed by atoms with Crippen LogP contribution in [-0.4, -0.2) is 58.8 Å². The lowest BCUT2D eigenvalue weighted by atomic mass is 9.89. The van der Waals surface area contributed by atoms with Crippen molar-refractivity contribution in [2.45, 2.75) is 58.0 Å². The van der Waals surface area contributed by atoms with Crippen LogP contribution in [0.1, 0.15) is 51.1 Å². The van der Waals surface area contributed by atoms with Crippen molar-refractivity contribution in [2.24, 2.45) is 13.0 Å². The van der Waals surface area contributed by atoms with Crippen LogP contribution in [0.25, 0.3) is 11.0 Å². The van der Waals surface area contributed by atoms with Crippen LogP contribution in [0.2, 0.25) is 0 Å². The zero-order valence-electron chi connectivity index (χ0n) is 17.7. The highest BCUT2D eigenvalue weighted by atomic mass is 16.6. The third kappa shape index (κ3) is 4.64. The molecule has 3 heterocycles. The third-order valence-corrected chi connectivity index (χ3v) is 6.05. The molecule has 2 aromatic heterocycles. The Kier molecular flexibility index (Phi) is 6.50. The molecule has 4 rings (SSSR count). The Balaban J connectivity index is 1.66. The Morgan fingerprint density at radius 3 is 2.76 bits per heavy atom. The number of ether oxygens (including phenoxy) is 2. The first-order chi connectivity index (χ1) is 14.2. The van der Waals surface area contributed by atoms with Crippen molar-refractivity contribution in [2.75, 3.05) is 37.8 Å². The van der Waals surface area contributed by atoms with Crippen LogP contribution >= 0.6 is 0 Å². The van der Waals surface area contributed by atoms with E-state index in [0.29, 0.717) is 43.7 Å². The van der Waals surface area contributed by atoms with E-state index in [1.165, 1.54) is 32.1 Å². The van der Waals surface area contributed by atoms with E-state index in [2.05, 4.69) is 21.9 Å². The molecule has 1 atom stereocenters. The van der Waals surface area contributed by atoms with E-state index in [0.717, 1.165) is 30.6 Å². The molecule has 0 aromatic carbocycles. The number of fused-ring (bicyclic) bond motifs is 1. The minimum absolute atomic E-state index is 0.00245. The summed E-state index contributed by atoms with van der Waals surface area (Å²) in [6.45, 7) is 5.53. The van der Waals surface area contributed by atoms with Gasteiger partial charge < -0.3 is 14.4 Å². The molecule has 8 nitrogen and oxygen atoms in total. The van der Waals surface area contributed by atoms with E-state index in [9.17, 15) is 4.79 Å². The van der Waals surface area contributed by atoms with Crippen LogP contribution in [-0.2, 0) is 22.9 Å². The average Bonchev–Trinajstić information content (AvgIpc) is 3.05. The fourth-order valence-corrected chi connectivity index (χ4v) is 4.61. The Labute approximate surface area is 171 Å². The molecule has 1 aliphatic heterocycles. The second-order valence-electron chi connectivity index (χ2n) is 8.38. The summed E-state index contributed by atoms with van der Waals surface area (Å²) in [6.07, 6.45) is 8.15. The van der Waals surface area contributed by atoms with Gasteiger partial charge in [0.05, 0.1) is 31.6 Å². The molecule has 29 heavy (non-hydrogen) atoms. The van der Waals surface area contributed by atoms with Gasteiger partial charge in [-0.05, 0) is 25.2 Å². The molecule has 1 unspecified atom stereocenters. The number of hydrogen-bond donors (Lipinski definition) is 1. The van der Waals surface area contributed by atoms with Gasteiger partial charge in [-0.3, -0.25) is 14.5 Å². The van der Waals surface area contributed by atoms with E-state index in [4.69, 9.17) is 14.5 Å². The van der Waals surface area contributed by atoms with Crippen molar-refractivity contribution in [1.29, 1.82) is 0 Å². The Hall–Kier alpha value is -1.93. The maximum Gasteiger partial charge on any atom is 0.278 e. The fourth-order valence-electron chi connectivity index (χ4n) is 4.61. The highest BCUT2D eigenvalue weighted by Gasteiger charge is 2.25. The van der Waals surface area contributed by atoms with Crippen molar-refractivity contribution < 1.29 is 9.47 Å². The van der Waals surface area contributed by atoms with Crippen molar-refractivity contribution >= 4 is 17.0 Å². The predicted octanol–water partition coefficient (Wildman–Crippen LogP) is 2.41. The number of aromatic nitrogens is 4. The number of rotatable bonds is 7. The molecule has 2 aromatic rings. The minimum Gasteiger partial charge on any atom is -0.376 e. The molecule has 0 spiro atoms. The van der Waals surface area contributed by atoms with Gasteiger partial charge in [0.15, 0.2) is 5.52 Å². The van der Waals surface area contributed by atoms with Crippen molar-refractivity contribution in [1.82, 2.24) is 19.7 Å². The SMILES string of the molecule is CCCc1nn(C)c2c(=O)[nH]c(N(CC3CCCCC3)CC3COCCO3)nc12. The molecule has 1 saturated heterocycles. The van der Waals surface area contributed by atoms with Gasteiger partial charge in [-0.2, -0.15) is 5.10 Å². The first-order valence-corrected chi connectivity index (χ1v) is 11.1. The van der Waals surface area contributed by atoms with Crippen molar-refractivity contribution in [3.63, 3.8) is 0 Å². The van der Waals surface area contributed by atoms with E-state index in [1.807, 2.05) is 7.05 Å². The number of nitrogens with zero attached hydrogens (tertiary/aromatic N) is 4. The molecule has 2 aliphatic rings. The van der Waals surface area contributed by atoms with Gasteiger partial charge in [0, 0.05) is 20.1 Å². The molecule has 1 N–H and O–H groups in total. The maximum atomic E-state index is 12.9. The smallest absolute Gasteiger partial charge is 0.278 e. The Morgan fingerprint density at radius 1 is 1.21 bits per heavy atom. The average molecular weight is 404 g/mol. The van der Waals surface area contributed by atoms with Gasteiger partial charge in [0.1, 0.15) is 5.52 Å². The van der Waals surface area contributed by atoms with Crippen molar-refractivity contribution in [3.05, 3.63) is 16.0 Å². The van der Waals surface area contributed by atoms with Gasteiger partial charge >= 0.3 is 0 Å². The second-order valence-corrected chi connectivity index (χ2v) is 8.38. The van der Waals surface area contributed by atoms with Crippen LogP contribution in [0.5, 0.6) is 0 Å². The summed E-state index contributed by atoms with van der Waals surface area (Å²) in [5.74, 6) is 1.26. The lowest BCUT2D eigenvalue weighted by Gasteiger charge is -2.33. The first kappa shape index (κ1) is 20.3. The summed E-state index contributed by atoms with van der Waals surface area (Å²) in [7, 11) is 1.81. The van der Waals surface area contributed by atoms with E-state index < -0.39 is 0 Å². The van der Waals surface area contributed by atoms with E-state index in [1.54, 1.807) is 4.68 Å². The van der Waals surface area contributed by atoms with Gasteiger partial charge in [-0.1, -0.05) is 32.6 Å². The Morgan fingerprint density at radius 2 is 2.03 bits per heavy atom. The maximum absolute atomic E-state index is 12.9. The summed E-state index contributed by atoms with van der Waals surface area (Å²) in [5.41, 5.74) is 2.04. The van der Waals surface area contributed by atoms with E-state index >= 15 is 0 Å². The number of aromatic amines is 1. The summed E-state index contributed by atoms with van der Waals surface area (Å²) < 4.78 is 13.2. The van der Waals surface area contributed by atoms with Gasteiger partial charge in [0.2, 0.25) is 5.95 Å². The zero-order chi connectivity index (χ0) is 20.2. The largest absolute Gasteiger partial charge is 0.376 e. The molecule has 1 saturated carbocycles. The lowest BCUT2D eigenvalue weighted by molar-refractivity contribution is -0.0842. The third-order valence-electron chi connectivity index (χ3n) is 6.05. The van der Waals surface area contributed by atoms with Crippen molar-refractivity contribution in [3.8, 4) is 0 Å². The fraction of sp³-hybridized carbons (Fsp3) is 0.762. The number of anilines is 1. The minimum atomic E-state index is -0.128. The molecule has 0 amide bonds. The molecule has 2 fully saturated rings. The highest BCUT2D eigenvalue weighted by molar-refractivity contribution is 5.77. The van der Waals surface area contributed by atoms with Crippen LogP contribution < -0.4 is 10.5 Å². The number of aryl methyl sites for hydroxylation is 2. The summed E-state index contributed by atoms with van der Waals surface area (Å²) in [4.78, 5) is 23.0. The second kappa shape index (κ2) is 9.26. The van der Waals surface area contributed by atoms with Gasteiger partial charge in [-0.15, -0.1) is 0 Å². The Bertz CT molecular complexity index is 845. The summed E-state index contributed by atoms with van der Waals surface area (Å²) in [5, 5.41) is 4.54. The molecular formula is C21H33N5O3. The molecule has 0 bridgehead atoms. The topological polar surface area (TPSA) is 85.3 Å². The predicted molar refractivity (Wildman–Crippen MR) is 112 cm³/mol. The van der Waals surface area contributed by atoms with Crippen LogP contribution in [0.4, 0.5) is 5.95 Å². The first-order valence-electron chi connectivity index (χ1n) is 11.1.